The summed E-state index contributed by atoms with van der Waals surface area (Å²) in [5.41, 5.74) is 0.756. The van der Waals surface area contributed by atoms with Gasteiger partial charge in [0.2, 0.25) is 15.9 Å². The number of amides is 1. The summed E-state index contributed by atoms with van der Waals surface area (Å²) in [6.07, 6.45) is 4.27. The van der Waals surface area contributed by atoms with Gasteiger partial charge in [0.05, 0.1) is 4.90 Å². The number of sulfonamides is 1. The third-order valence-electron chi connectivity index (χ3n) is 5.12. The molecule has 0 bridgehead atoms. The van der Waals surface area contributed by atoms with Crippen molar-refractivity contribution in [2.45, 2.75) is 17.7 Å². The summed E-state index contributed by atoms with van der Waals surface area (Å²) < 4.78 is 27.8. The van der Waals surface area contributed by atoms with Gasteiger partial charge in [-0.15, -0.1) is 12.4 Å². The lowest BCUT2D eigenvalue weighted by atomic mass is 9.97. The summed E-state index contributed by atoms with van der Waals surface area (Å²) in [5, 5.41) is 4.37. The quantitative estimate of drug-likeness (QED) is 0.683. The Kier molecular flexibility index (Phi) is 6.52. The van der Waals surface area contributed by atoms with Gasteiger partial charge < -0.3 is 5.32 Å². The number of rotatable bonds is 4. The number of hydrogen-bond donors (Lipinski definition) is 1. The van der Waals surface area contributed by atoms with Gasteiger partial charge in [-0.05, 0) is 37.1 Å². The molecule has 2 aromatic carbocycles. The molecule has 1 aliphatic heterocycles. The molecule has 2 heterocycles. The fourth-order valence-corrected chi connectivity index (χ4v) is 5.27. The van der Waals surface area contributed by atoms with Crippen LogP contribution in [0.4, 0.5) is 5.69 Å². The van der Waals surface area contributed by atoms with Crippen molar-refractivity contribution < 1.29 is 13.2 Å². The summed E-state index contributed by atoms with van der Waals surface area (Å²) in [6, 6.07) is 16.2. The second-order valence-corrected chi connectivity index (χ2v) is 8.79. The predicted molar refractivity (Wildman–Crippen MR) is 116 cm³/mol. The number of fused-ring (bicyclic) bond motifs is 1. The topological polar surface area (TPSA) is 79.4 Å². The third kappa shape index (κ3) is 4.42. The first-order valence-electron chi connectivity index (χ1n) is 9.24. The molecule has 6 nitrogen and oxygen atoms in total. The summed E-state index contributed by atoms with van der Waals surface area (Å²) >= 11 is 0. The Morgan fingerprint density at radius 3 is 2.45 bits per heavy atom. The molecule has 0 spiro atoms. The predicted octanol–water partition coefficient (Wildman–Crippen LogP) is 3.70. The molecular formula is C21H22ClN3O3S. The highest BCUT2D eigenvalue weighted by Gasteiger charge is 2.32. The monoisotopic (exact) mass is 431 g/mol. The highest BCUT2D eigenvalue weighted by Crippen LogP contribution is 2.29. The molecule has 1 aliphatic rings. The Bertz CT molecular complexity index is 1090. The normalized spacial score (nSPS) is 15.6. The SMILES string of the molecule is Cl.O=C(Nc1ccccc1)C1CCN(S(=O)(=O)c2cccc3cnccc23)CC1. The minimum Gasteiger partial charge on any atom is -0.326 e. The van der Waals surface area contributed by atoms with Crippen LogP contribution in [-0.4, -0.2) is 36.7 Å². The number of para-hydroxylation sites is 1. The molecule has 0 saturated carbocycles. The van der Waals surface area contributed by atoms with Crippen molar-refractivity contribution in [1.82, 2.24) is 9.29 Å². The first-order valence-corrected chi connectivity index (χ1v) is 10.7. The van der Waals surface area contributed by atoms with E-state index in [1.54, 1.807) is 30.6 Å². The van der Waals surface area contributed by atoms with E-state index < -0.39 is 10.0 Å². The first-order chi connectivity index (χ1) is 13.6. The fourth-order valence-electron chi connectivity index (χ4n) is 3.58. The smallest absolute Gasteiger partial charge is 0.243 e. The molecule has 1 N–H and O–H groups in total. The third-order valence-corrected chi connectivity index (χ3v) is 7.08. The van der Waals surface area contributed by atoms with E-state index in [0.717, 1.165) is 11.1 Å². The van der Waals surface area contributed by atoms with Crippen molar-refractivity contribution in [3.05, 3.63) is 67.0 Å². The number of anilines is 1. The van der Waals surface area contributed by atoms with Crippen LogP contribution in [0.25, 0.3) is 10.8 Å². The van der Waals surface area contributed by atoms with Crippen LogP contribution < -0.4 is 5.32 Å². The highest BCUT2D eigenvalue weighted by molar-refractivity contribution is 7.89. The number of piperidine rings is 1. The standard InChI is InChI=1S/C21H21N3O3S.ClH/c25-21(23-18-6-2-1-3-7-18)16-10-13-24(14-11-16)28(26,27)20-8-4-5-17-15-22-12-9-19(17)20;/h1-9,12,15-16H,10-11,13-14H2,(H,23,25);1H. The summed E-state index contributed by atoms with van der Waals surface area (Å²) in [6.45, 7) is 0.660. The molecule has 152 valence electrons. The highest BCUT2D eigenvalue weighted by atomic mass is 35.5. The van der Waals surface area contributed by atoms with Crippen LogP contribution in [0.2, 0.25) is 0 Å². The van der Waals surface area contributed by atoms with E-state index in [2.05, 4.69) is 10.3 Å². The molecule has 29 heavy (non-hydrogen) atoms. The van der Waals surface area contributed by atoms with Crippen LogP contribution in [0.1, 0.15) is 12.8 Å². The van der Waals surface area contributed by atoms with E-state index in [4.69, 9.17) is 0 Å². The Hall–Kier alpha value is -2.48. The second-order valence-electron chi connectivity index (χ2n) is 6.89. The van der Waals surface area contributed by atoms with Crippen molar-refractivity contribution in [1.29, 1.82) is 0 Å². The number of nitrogens with one attached hydrogen (secondary N) is 1. The van der Waals surface area contributed by atoms with E-state index in [9.17, 15) is 13.2 Å². The number of halogens is 1. The van der Waals surface area contributed by atoms with Gasteiger partial charge >= 0.3 is 0 Å². The van der Waals surface area contributed by atoms with E-state index in [-0.39, 0.29) is 24.2 Å². The van der Waals surface area contributed by atoms with Gasteiger partial charge in [-0.25, -0.2) is 8.42 Å². The number of aromatic nitrogens is 1. The Balaban J connectivity index is 0.00000240. The van der Waals surface area contributed by atoms with Crippen LogP contribution in [0.3, 0.4) is 0 Å². The number of carbonyl (C=O) groups is 1. The zero-order chi connectivity index (χ0) is 19.6. The van der Waals surface area contributed by atoms with Crippen molar-refractivity contribution in [2.75, 3.05) is 18.4 Å². The van der Waals surface area contributed by atoms with E-state index in [1.165, 1.54) is 4.31 Å². The van der Waals surface area contributed by atoms with Crippen molar-refractivity contribution in [3.8, 4) is 0 Å². The molecule has 1 amide bonds. The van der Waals surface area contributed by atoms with Crippen LogP contribution in [0.15, 0.2) is 71.9 Å². The second kappa shape index (κ2) is 8.90. The number of hydrogen-bond acceptors (Lipinski definition) is 4. The van der Waals surface area contributed by atoms with E-state index in [0.29, 0.717) is 36.2 Å². The average molecular weight is 432 g/mol. The maximum absolute atomic E-state index is 13.2. The minimum absolute atomic E-state index is 0. The molecule has 8 heteroatoms. The van der Waals surface area contributed by atoms with Crippen molar-refractivity contribution >= 4 is 44.8 Å². The van der Waals surface area contributed by atoms with Gasteiger partial charge in [-0.3, -0.25) is 9.78 Å². The molecule has 0 unspecified atom stereocenters. The largest absolute Gasteiger partial charge is 0.326 e. The molecular weight excluding hydrogens is 410 g/mol. The van der Waals surface area contributed by atoms with Crippen LogP contribution in [0.5, 0.6) is 0 Å². The molecule has 3 aromatic rings. The Labute approximate surface area is 176 Å². The van der Waals surface area contributed by atoms with E-state index in [1.807, 2.05) is 36.4 Å². The van der Waals surface area contributed by atoms with Gasteiger partial charge in [-0.1, -0.05) is 30.3 Å². The van der Waals surface area contributed by atoms with Crippen LogP contribution in [-0.2, 0) is 14.8 Å². The van der Waals surface area contributed by atoms with Gasteiger partial charge in [0.25, 0.3) is 0 Å². The fraction of sp³-hybridized carbons (Fsp3) is 0.238. The molecule has 1 aromatic heterocycles. The minimum atomic E-state index is -3.62. The van der Waals surface area contributed by atoms with Crippen molar-refractivity contribution in [2.24, 2.45) is 5.92 Å². The number of nitrogens with zero attached hydrogens (tertiary/aromatic N) is 2. The van der Waals surface area contributed by atoms with Gasteiger partial charge in [-0.2, -0.15) is 4.31 Å². The summed E-state index contributed by atoms with van der Waals surface area (Å²) in [4.78, 5) is 16.8. The molecule has 0 atom stereocenters. The molecule has 0 radical (unpaired) electrons. The lowest BCUT2D eigenvalue weighted by molar-refractivity contribution is -0.120. The van der Waals surface area contributed by atoms with Crippen LogP contribution in [0, 0.1) is 5.92 Å². The maximum Gasteiger partial charge on any atom is 0.243 e. The van der Waals surface area contributed by atoms with Crippen LogP contribution >= 0.6 is 12.4 Å². The molecule has 1 fully saturated rings. The number of benzene rings is 2. The van der Waals surface area contributed by atoms with E-state index >= 15 is 0 Å². The molecule has 4 rings (SSSR count). The Morgan fingerprint density at radius 1 is 1.00 bits per heavy atom. The van der Waals surface area contributed by atoms with Crippen molar-refractivity contribution in [3.63, 3.8) is 0 Å². The maximum atomic E-state index is 13.2. The van der Waals surface area contributed by atoms with Gasteiger partial charge in [0.15, 0.2) is 0 Å². The lowest BCUT2D eigenvalue weighted by Crippen LogP contribution is -2.41. The zero-order valence-corrected chi connectivity index (χ0v) is 17.3. The summed E-state index contributed by atoms with van der Waals surface area (Å²) in [5.74, 6) is -0.247. The first kappa shape index (κ1) is 21.2. The molecule has 0 aliphatic carbocycles. The lowest BCUT2D eigenvalue weighted by Gasteiger charge is -2.30. The Morgan fingerprint density at radius 2 is 1.72 bits per heavy atom. The average Bonchev–Trinajstić information content (AvgIpc) is 2.74. The number of pyridine rings is 1. The zero-order valence-electron chi connectivity index (χ0n) is 15.7. The molecule has 1 saturated heterocycles. The van der Waals surface area contributed by atoms with Gasteiger partial charge in [0.1, 0.15) is 0 Å². The summed E-state index contributed by atoms with van der Waals surface area (Å²) in [7, 11) is -3.62. The van der Waals surface area contributed by atoms with Gasteiger partial charge in [0, 0.05) is 47.9 Å². The number of carbonyl (C=O) groups excluding carboxylic acids is 1.